The lowest BCUT2D eigenvalue weighted by Gasteiger charge is -2.48. The van der Waals surface area contributed by atoms with Crippen LogP contribution in [0.1, 0.15) is 48.0 Å². The van der Waals surface area contributed by atoms with E-state index in [1.54, 1.807) is 26.3 Å². The summed E-state index contributed by atoms with van der Waals surface area (Å²) in [5.41, 5.74) is 1.53. The molecule has 180 valence electrons. The fourth-order valence-corrected chi connectivity index (χ4v) is 4.64. The largest absolute Gasteiger partial charge is 0.496 e. The van der Waals surface area contributed by atoms with Gasteiger partial charge in [-0.3, -0.25) is 9.89 Å². The Morgan fingerprint density at radius 2 is 1.88 bits per heavy atom. The van der Waals surface area contributed by atoms with Gasteiger partial charge in [-0.05, 0) is 30.5 Å². The highest BCUT2D eigenvalue weighted by Gasteiger charge is 2.38. The number of aliphatic imine (C=N–C) groups is 1. The van der Waals surface area contributed by atoms with E-state index in [-0.39, 0.29) is 29.5 Å². The van der Waals surface area contributed by atoms with Gasteiger partial charge in [0.25, 0.3) is 0 Å². The van der Waals surface area contributed by atoms with Crippen LogP contribution in [0.15, 0.2) is 23.2 Å². The van der Waals surface area contributed by atoms with Gasteiger partial charge in [0, 0.05) is 38.8 Å². The van der Waals surface area contributed by atoms with Gasteiger partial charge in [0.2, 0.25) is 0 Å². The lowest BCUT2D eigenvalue weighted by Crippen LogP contribution is -2.60. The molecule has 0 unspecified atom stereocenters. The first kappa shape index (κ1) is 26.7. The zero-order valence-electron chi connectivity index (χ0n) is 19.4. The molecule has 1 saturated heterocycles. The van der Waals surface area contributed by atoms with E-state index in [0.717, 1.165) is 44.4 Å². The Bertz CT molecular complexity index is 762. The van der Waals surface area contributed by atoms with Crippen LogP contribution in [-0.4, -0.2) is 76.5 Å². The molecule has 9 heteroatoms. The predicted molar refractivity (Wildman–Crippen MR) is 136 cm³/mol. The SMILES string of the molecule is CN=C(NCc1ccc(OC)c(C(=O)OC)c1)NCC1(N2CCOCC2)CCCCC1.I. The summed E-state index contributed by atoms with van der Waals surface area (Å²) >= 11 is 0. The van der Waals surface area contributed by atoms with E-state index in [9.17, 15) is 4.79 Å². The first-order valence-electron chi connectivity index (χ1n) is 11.1. The van der Waals surface area contributed by atoms with Gasteiger partial charge in [-0.25, -0.2) is 4.79 Å². The molecule has 1 aromatic carbocycles. The minimum atomic E-state index is -0.411. The van der Waals surface area contributed by atoms with Crippen molar-refractivity contribution in [3.63, 3.8) is 0 Å². The van der Waals surface area contributed by atoms with Gasteiger partial charge >= 0.3 is 5.97 Å². The number of halogens is 1. The van der Waals surface area contributed by atoms with Crippen LogP contribution >= 0.6 is 24.0 Å². The number of nitrogens with zero attached hydrogens (tertiary/aromatic N) is 2. The van der Waals surface area contributed by atoms with Gasteiger partial charge in [-0.2, -0.15) is 0 Å². The lowest BCUT2D eigenvalue weighted by atomic mass is 9.80. The average Bonchev–Trinajstić information content (AvgIpc) is 2.84. The number of esters is 1. The van der Waals surface area contributed by atoms with Crippen LogP contribution in [0, 0.1) is 0 Å². The van der Waals surface area contributed by atoms with E-state index in [4.69, 9.17) is 14.2 Å². The molecule has 2 N–H and O–H groups in total. The molecule has 1 saturated carbocycles. The van der Waals surface area contributed by atoms with Crippen LogP contribution in [-0.2, 0) is 16.0 Å². The Kier molecular flexibility index (Phi) is 11.0. The lowest BCUT2D eigenvalue weighted by molar-refractivity contribution is -0.0352. The Hall–Kier alpha value is -1.59. The van der Waals surface area contributed by atoms with Crippen molar-refractivity contribution in [2.24, 2.45) is 4.99 Å². The van der Waals surface area contributed by atoms with Gasteiger partial charge < -0.3 is 24.8 Å². The van der Waals surface area contributed by atoms with E-state index in [1.165, 1.54) is 39.2 Å². The highest BCUT2D eigenvalue weighted by molar-refractivity contribution is 14.0. The van der Waals surface area contributed by atoms with Crippen molar-refractivity contribution in [1.82, 2.24) is 15.5 Å². The molecule has 0 atom stereocenters. The van der Waals surface area contributed by atoms with E-state index < -0.39 is 5.97 Å². The van der Waals surface area contributed by atoms with Crippen molar-refractivity contribution < 1.29 is 19.0 Å². The number of carbonyl (C=O) groups excluding carboxylic acids is 1. The van der Waals surface area contributed by atoms with Crippen LogP contribution in [0.5, 0.6) is 5.75 Å². The molecule has 2 fully saturated rings. The number of rotatable bonds is 7. The minimum absolute atomic E-state index is 0. The number of hydrogen-bond acceptors (Lipinski definition) is 6. The van der Waals surface area contributed by atoms with E-state index in [1.807, 2.05) is 6.07 Å². The Morgan fingerprint density at radius 1 is 1.16 bits per heavy atom. The third-order valence-electron chi connectivity index (χ3n) is 6.40. The first-order valence-corrected chi connectivity index (χ1v) is 11.1. The minimum Gasteiger partial charge on any atom is -0.496 e. The predicted octanol–water partition coefficient (Wildman–Crippen LogP) is 2.80. The number of guanidine groups is 1. The Balaban J connectivity index is 0.00000363. The second-order valence-corrected chi connectivity index (χ2v) is 8.19. The molecular weight excluding hydrogens is 523 g/mol. The molecule has 8 nitrogen and oxygen atoms in total. The number of benzene rings is 1. The number of morpholine rings is 1. The number of nitrogens with one attached hydrogen (secondary N) is 2. The van der Waals surface area contributed by atoms with Crippen LogP contribution in [0.2, 0.25) is 0 Å². The normalized spacial score (nSPS) is 18.9. The molecule has 0 amide bonds. The fourth-order valence-electron chi connectivity index (χ4n) is 4.64. The summed E-state index contributed by atoms with van der Waals surface area (Å²) in [5.74, 6) is 0.850. The van der Waals surface area contributed by atoms with Crippen LogP contribution < -0.4 is 15.4 Å². The summed E-state index contributed by atoms with van der Waals surface area (Å²) in [6.45, 7) is 5.02. The third kappa shape index (κ3) is 6.71. The summed E-state index contributed by atoms with van der Waals surface area (Å²) in [6, 6.07) is 5.51. The second-order valence-electron chi connectivity index (χ2n) is 8.19. The molecule has 0 bridgehead atoms. The summed E-state index contributed by atoms with van der Waals surface area (Å²) in [6.07, 6.45) is 6.27. The quantitative estimate of drug-likeness (QED) is 0.230. The molecule has 0 spiro atoms. The molecule has 1 aliphatic heterocycles. The maximum Gasteiger partial charge on any atom is 0.341 e. The van der Waals surface area contributed by atoms with Crippen molar-refractivity contribution in [2.75, 3.05) is 54.1 Å². The molecule has 1 aliphatic carbocycles. The molecule has 0 radical (unpaired) electrons. The Labute approximate surface area is 208 Å². The number of ether oxygens (including phenoxy) is 3. The Morgan fingerprint density at radius 3 is 2.50 bits per heavy atom. The van der Waals surface area contributed by atoms with Crippen LogP contribution in [0.25, 0.3) is 0 Å². The molecule has 1 heterocycles. The molecule has 3 rings (SSSR count). The number of methoxy groups -OCH3 is 2. The first-order chi connectivity index (χ1) is 15.1. The van der Waals surface area contributed by atoms with Gasteiger partial charge in [0.1, 0.15) is 11.3 Å². The standard InChI is InChI=1S/C23H36N4O4.HI/c1-24-22(25-16-18-7-8-20(29-2)19(15-18)21(28)30-3)26-17-23(9-5-4-6-10-23)27-11-13-31-14-12-27;/h7-8,15H,4-6,9-14,16-17H2,1-3H3,(H2,24,25,26);1H. The van der Waals surface area contributed by atoms with E-state index >= 15 is 0 Å². The van der Waals surface area contributed by atoms with E-state index in [0.29, 0.717) is 17.9 Å². The maximum atomic E-state index is 12.0. The fraction of sp³-hybridized carbons (Fsp3) is 0.652. The van der Waals surface area contributed by atoms with Gasteiger partial charge in [0.15, 0.2) is 5.96 Å². The number of carbonyl (C=O) groups is 1. The molecule has 1 aromatic rings. The van der Waals surface area contributed by atoms with Crippen molar-refractivity contribution in [3.8, 4) is 5.75 Å². The molecule has 2 aliphatic rings. The topological polar surface area (TPSA) is 84.4 Å². The summed E-state index contributed by atoms with van der Waals surface area (Å²) in [7, 11) is 4.70. The summed E-state index contributed by atoms with van der Waals surface area (Å²) in [5, 5.41) is 6.93. The zero-order valence-corrected chi connectivity index (χ0v) is 21.8. The van der Waals surface area contributed by atoms with E-state index in [2.05, 4.69) is 20.5 Å². The van der Waals surface area contributed by atoms with Crippen molar-refractivity contribution in [2.45, 2.75) is 44.2 Å². The second kappa shape index (κ2) is 13.2. The van der Waals surface area contributed by atoms with Gasteiger partial charge in [0.05, 0.1) is 27.4 Å². The summed E-state index contributed by atoms with van der Waals surface area (Å²) in [4.78, 5) is 19.0. The van der Waals surface area contributed by atoms with Crippen LogP contribution in [0.3, 0.4) is 0 Å². The summed E-state index contributed by atoms with van der Waals surface area (Å²) < 4.78 is 15.7. The van der Waals surface area contributed by atoms with Crippen LogP contribution in [0.4, 0.5) is 0 Å². The van der Waals surface area contributed by atoms with Crippen molar-refractivity contribution in [1.29, 1.82) is 0 Å². The van der Waals surface area contributed by atoms with Crippen molar-refractivity contribution >= 4 is 35.9 Å². The van der Waals surface area contributed by atoms with Gasteiger partial charge in [-0.1, -0.05) is 25.3 Å². The zero-order chi connectivity index (χ0) is 22.1. The maximum absolute atomic E-state index is 12.0. The monoisotopic (exact) mass is 560 g/mol. The highest BCUT2D eigenvalue weighted by atomic mass is 127. The molecule has 0 aromatic heterocycles. The molecular formula is C23H37IN4O4. The highest BCUT2D eigenvalue weighted by Crippen LogP contribution is 2.33. The number of hydrogen-bond donors (Lipinski definition) is 2. The molecule has 32 heavy (non-hydrogen) atoms. The van der Waals surface area contributed by atoms with Crippen molar-refractivity contribution in [3.05, 3.63) is 29.3 Å². The van der Waals surface area contributed by atoms with Gasteiger partial charge in [-0.15, -0.1) is 24.0 Å². The third-order valence-corrected chi connectivity index (χ3v) is 6.40. The average molecular weight is 560 g/mol. The smallest absolute Gasteiger partial charge is 0.341 e.